The minimum absolute atomic E-state index is 0.0960. The Bertz CT molecular complexity index is 1190. The number of hydrogen-bond acceptors (Lipinski definition) is 3. The molecule has 5 nitrogen and oxygen atoms in total. The van der Waals surface area contributed by atoms with Crippen molar-refractivity contribution in [1.29, 1.82) is 0 Å². The molecule has 30 heavy (non-hydrogen) atoms. The Kier molecular flexibility index (Phi) is 6.07. The molecule has 0 bridgehead atoms. The number of amides is 1. The van der Waals surface area contributed by atoms with E-state index in [1.54, 1.807) is 14.2 Å². The Morgan fingerprint density at radius 1 is 0.967 bits per heavy atom. The van der Waals surface area contributed by atoms with Crippen LogP contribution in [0.5, 0.6) is 11.5 Å². The van der Waals surface area contributed by atoms with Gasteiger partial charge in [0.2, 0.25) is 0 Å². The van der Waals surface area contributed by atoms with E-state index in [0.29, 0.717) is 23.6 Å². The summed E-state index contributed by atoms with van der Waals surface area (Å²) in [4.78, 5) is 16.0. The summed E-state index contributed by atoms with van der Waals surface area (Å²) in [6.45, 7) is 0.414. The first-order valence-corrected chi connectivity index (χ1v) is 11.2. The molecular weight excluding hydrogens is 443 g/mol. The van der Waals surface area contributed by atoms with Crippen LogP contribution in [0.1, 0.15) is 15.9 Å². The third-order valence-electron chi connectivity index (χ3n) is 4.78. The Morgan fingerprint density at radius 2 is 1.80 bits per heavy atom. The summed E-state index contributed by atoms with van der Waals surface area (Å²) >= 11 is 0.110. The molecule has 0 spiro atoms. The Hall–Kier alpha value is -3.21. The van der Waals surface area contributed by atoms with Crippen LogP contribution in [0, 0.1) is 0 Å². The van der Waals surface area contributed by atoms with Crippen LogP contribution in [0.25, 0.3) is 10.9 Å². The molecule has 0 aliphatic carbocycles. The summed E-state index contributed by atoms with van der Waals surface area (Å²) in [7, 11) is 3.20. The van der Waals surface area contributed by atoms with Gasteiger partial charge in [-0.25, -0.2) is 0 Å². The van der Waals surface area contributed by atoms with Gasteiger partial charge in [-0.1, -0.05) is 0 Å². The second-order valence-electron chi connectivity index (χ2n) is 6.70. The van der Waals surface area contributed by atoms with Crippen molar-refractivity contribution in [3.05, 3.63) is 84.1 Å². The van der Waals surface area contributed by atoms with E-state index in [1.807, 2.05) is 48.5 Å². The van der Waals surface area contributed by atoms with Crippen molar-refractivity contribution >= 4 is 40.7 Å². The number of aromatic amines is 1. The number of ether oxygens (including phenoxy) is 2. The summed E-state index contributed by atoms with van der Waals surface area (Å²) in [5.41, 5.74) is 2.74. The zero-order chi connectivity index (χ0) is 20.9. The maximum absolute atomic E-state index is 12.7. The molecule has 4 rings (SSSR count). The number of benzene rings is 3. The van der Waals surface area contributed by atoms with E-state index in [-0.39, 0.29) is 20.9 Å². The third-order valence-corrected chi connectivity index (χ3v) is 6.97. The third kappa shape index (κ3) is 4.35. The normalized spacial score (nSPS) is 10.7. The number of fused-ring (bicyclic) bond motifs is 1. The maximum atomic E-state index is 12.7. The van der Waals surface area contributed by atoms with E-state index >= 15 is 0 Å². The molecule has 1 aromatic heterocycles. The van der Waals surface area contributed by atoms with Gasteiger partial charge in [0.25, 0.3) is 0 Å². The number of H-pyrrole nitrogens is 1. The van der Waals surface area contributed by atoms with Crippen LogP contribution in [0.2, 0.25) is 0 Å². The summed E-state index contributed by atoms with van der Waals surface area (Å²) in [6, 6.07) is 21.7. The second kappa shape index (κ2) is 9.07. The van der Waals surface area contributed by atoms with Gasteiger partial charge >= 0.3 is 182 Å². The summed E-state index contributed by atoms with van der Waals surface area (Å²) < 4.78 is 13.0. The summed E-state index contributed by atoms with van der Waals surface area (Å²) in [5.74, 6) is 1.22. The van der Waals surface area contributed by atoms with Crippen molar-refractivity contribution in [2.75, 3.05) is 14.2 Å². The summed E-state index contributed by atoms with van der Waals surface area (Å²) in [5, 5.41) is 4.22. The average Bonchev–Trinajstić information content (AvgIpc) is 3.20. The number of aromatic nitrogens is 1. The van der Waals surface area contributed by atoms with Crippen molar-refractivity contribution in [1.82, 2.24) is 10.3 Å². The van der Waals surface area contributed by atoms with Crippen molar-refractivity contribution in [2.24, 2.45) is 0 Å². The molecule has 0 aliphatic rings. The molecule has 152 valence electrons. The number of rotatable bonds is 7. The van der Waals surface area contributed by atoms with Crippen molar-refractivity contribution < 1.29 is 14.3 Å². The molecule has 1 heterocycles. The number of nitrogens with one attached hydrogen (secondary N) is 2. The van der Waals surface area contributed by atoms with Gasteiger partial charge in [-0.15, -0.1) is 0 Å². The molecule has 1 amide bonds. The zero-order valence-corrected chi connectivity index (χ0v) is 18.5. The van der Waals surface area contributed by atoms with Gasteiger partial charge in [0.15, 0.2) is 0 Å². The quantitative estimate of drug-likeness (QED) is 0.413. The first kappa shape index (κ1) is 20.1. The SMILES string of the molecule is COc1ccc(CNC(=O)c2cccc([Se]c3c[nH]c4ccccc34)c2)cc1OC. The Balaban J connectivity index is 1.45. The van der Waals surface area contributed by atoms with Gasteiger partial charge in [-0.05, 0) is 0 Å². The predicted octanol–water partition coefficient (Wildman–Crippen LogP) is 2.77. The van der Waals surface area contributed by atoms with Crippen LogP contribution >= 0.6 is 0 Å². The first-order chi connectivity index (χ1) is 14.7. The van der Waals surface area contributed by atoms with Crippen molar-refractivity contribution in [3.63, 3.8) is 0 Å². The number of hydrogen-bond donors (Lipinski definition) is 2. The molecule has 0 saturated carbocycles. The van der Waals surface area contributed by atoms with Crippen LogP contribution < -0.4 is 23.7 Å². The van der Waals surface area contributed by atoms with Gasteiger partial charge in [-0.3, -0.25) is 0 Å². The Labute approximate surface area is 181 Å². The molecule has 2 N–H and O–H groups in total. The van der Waals surface area contributed by atoms with Crippen molar-refractivity contribution in [2.45, 2.75) is 6.54 Å². The van der Waals surface area contributed by atoms with Crippen LogP contribution in [0.15, 0.2) is 72.9 Å². The molecule has 0 atom stereocenters. The molecule has 3 aromatic carbocycles. The van der Waals surface area contributed by atoms with Gasteiger partial charge in [-0.2, -0.15) is 0 Å². The van der Waals surface area contributed by atoms with Crippen LogP contribution in [0.4, 0.5) is 0 Å². The van der Waals surface area contributed by atoms with Gasteiger partial charge in [0.05, 0.1) is 0 Å². The zero-order valence-electron chi connectivity index (χ0n) is 16.8. The molecule has 0 fully saturated rings. The fourth-order valence-electron chi connectivity index (χ4n) is 3.23. The topological polar surface area (TPSA) is 63.3 Å². The standard InChI is InChI=1S/C24H22N2O3Se/c1-28-21-11-10-16(12-22(21)29-2)14-26-24(27)17-6-5-7-18(13-17)30-23-15-25-20-9-4-3-8-19(20)23/h3-13,15,25H,14H2,1-2H3,(H,26,27). The number of para-hydroxylation sites is 1. The van der Waals surface area contributed by atoms with Crippen molar-refractivity contribution in [3.8, 4) is 11.5 Å². The first-order valence-electron chi connectivity index (χ1n) is 9.51. The average molecular weight is 465 g/mol. The summed E-state index contributed by atoms with van der Waals surface area (Å²) in [6.07, 6.45) is 2.06. The van der Waals surface area contributed by atoms with E-state index < -0.39 is 0 Å². The fraction of sp³-hybridized carbons (Fsp3) is 0.125. The van der Waals surface area contributed by atoms with Crippen LogP contribution in [0.3, 0.4) is 0 Å². The monoisotopic (exact) mass is 466 g/mol. The molecular formula is C24H22N2O3Se. The molecule has 0 aliphatic heterocycles. The number of methoxy groups -OCH3 is 2. The van der Waals surface area contributed by atoms with E-state index in [0.717, 1.165) is 15.5 Å². The van der Waals surface area contributed by atoms with E-state index in [9.17, 15) is 4.79 Å². The van der Waals surface area contributed by atoms with E-state index in [2.05, 4.69) is 34.7 Å². The molecule has 0 unspecified atom stereocenters. The predicted molar refractivity (Wildman–Crippen MR) is 120 cm³/mol. The molecule has 6 heteroatoms. The fourth-order valence-corrected chi connectivity index (χ4v) is 5.31. The van der Waals surface area contributed by atoms with Gasteiger partial charge in [0.1, 0.15) is 0 Å². The van der Waals surface area contributed by atoms with Gasteiger partial charge in [0, 0.05) is 0 Å². The van der Waals surface area contributed by atoms with Gasteiger partial charge < -0.3 is 0 Å². The van der Waals surface area contributed by atoms with E-state index in [4.69, 9.17) is 9.47 Å². The Morgan fingerprint density at radius 3 is 2.63 bits per heavy atom. The second-order valence-corrected chi connectivity index (χ2v) is 9.04. The number of carbonyl (C=O) groups is 1. The van der Waals surface area contributed by atoms with E-state index in [1.165, 1.54) is 9.85 Å². The molecule has 0 radical (unpaired) electrons. The van der Waals surface area contributed by atoms with Crippen LogP contribution in [-0.4, -0.2) is 40.1 Å². The minimum atomic E-state index is -0.0960. The van der Waals surface area contributed by atoms with Crippen LogP contribution in [-0.2, 0) is 6.54 Å². The molecule has 0 saturated heterocycles. The molecule has 4 aromatic rings. The number of carbonyl (C=O) groups excluding carboxylic acids is 1.